The fraction of sp³-hybridized carbons (Fsp3) is 0.167. The van der Waals surface area contributed by atoms with Crippen LogP contribution in [-0.4, -0.2) is 17.9 Å². The second kappa shape index (κ2) is 4.48. The van der Waals surface area contributed by atoms with Crippen LogP contribution in [0, 0.1) is 0 Å². The van der Waals surface area contributed by atoms with Crippen molar-refractivity contribution in [3.05, 3.63) is 65.4 Å². The molecule has 4 rings (SSSR count). The highest BCUT2D eigenvalue weighted by Crippen LogP contribution is 2.41. The summed E-state index contributed by atoms with van der Waals surface area (Å²) in [5.41, 5.74) is 4.15. The lowest BCUT2D eigenvalue weighted by molar-refractivity contribution is 0.0991. The molecule has 1 atom stereocenters. The molecule has 0 amide bonds. The Labute approximate surface area is 122 Å². The molecule has 1 aromatic heterocycles. The molecule has 21 heavy (non-hydrogen) atoms. The first-order valence-electron chi connectivity index (χ1n) is 7.05. The number of rotatable bonds is 2. The topological polar surface area (TPSA) is 42.1 Å². The number of Topliss-reactive ketones (excluding diaryl/α,β-unsaturated/α-hetero) is 1. The van der Waals surface area contributed by atoms with Gasteiger partial charge >= 0.3 is 0 Å². The quantitative estimate of drug-likeness (QED) is 0.772. The number of nitrogens with one attached hydrogen (secondary N) is 1. The number of para-hydroxylation sites is 1. The van der Waals surface area contributed by atoms with Crippen LogP contribution in [0.1, 0.15) is 33.8 Å². The molecule has 1 heterocycles. The number of carbonyl (C=O) groups excluding carboxylic acids is 1. The molecule has 2 aromatic carbocycles. The Hall–Kier alpha value is -2.55. The minimum Gasteiger partial charge on any atom is -0.495 e. The SMILES string of the molecule is COc1cccc2c(C3CC(=O)c4ccccc43)c[nH]c12. The van der Waals surface area contributed by atoms with Crippen LogP contribution >= 0.6 is 0 Å². The number of hydrogen-bond donors (Lipinski definition) is 1. The maximum Gasteiger partial charge on any atom is 0.164 e. The van der Waals surface area contributed by atoms with E-state index < -0.39 is 0 Å². The fourth-order valence-electron chi connectivity index (χ4n) is 3.34. The lowest BCUT2D eigenvalue weighted by Gasteiger charge is -2.10. The normalized spacial score (nSPS) is 17.2. The maximum absolute atomic E-state index is 12.2. The summed E-state index contributed by atoms with van der Waals surface area (Å²) >= 11 is 0. The van der Waals surface area contributed by atoms with Crippen molar-refractivity contribution in [1.82, 2.24) is 4.98 Å². The summed E-state index contributed by atoms with van der Waals surface area (Å²) in [5, 5.41) is 1.13. The number of methoxy groups -OCH3 is 1. The molecule has 3 aromatic rings. The van der Waals surface area contributed by atoms with Gasteiger partial charge in [0.05, 0.1) is 12.6 Å². The largest absolute Gasteiger partial charge is 0.495 e. The number of aromatic amines is 1. The smallest absolute Gasteiger partial charge is 0.164 e. The minimum atomic E-state index is 0.134. The van der Waals surface area contributed by atoms with Crippen LogP contribution in [0.5, 0.6) is 5.75 Å². The van der Waals surface area contributed by atoms with E-state index in [4.69, 9.17) is 4.74 Å². The highest BCUT2D eigenvalue weighted by molar-refractivity contribution is 6.03. The van der Waals surface area contributed by atoms with Crippen molar-refractivity contribution in [2.45, 2.75) is 12.3 Å². The second-order valence-electron chi connectivity index (χ2n) is 5.39. The lowest BCUT2D eigenvalue weighted by atomic mass is 9.93. The molecular weight excluding hydrogens is 262 g/mol. The van der Waals surface area contributed by atoms with Gasteiger partial charge in [-0.2, -0.15) is 0 Å². The first kappa shape index (κ1) is 12.2. The zero-order chi connectivity index (χ0) is 14.4. The number of fused-ring (bicyclic) bond motifs is 2. The summed E-state index contributed by atoms with van der Waals surface area (Å²) in [6, 6.07) is 13.9. The third-order valence-electron chi connectivity index (χ3n) is 4.33. The summed E-state index contributed by atoms with van der Waals surface area (Å²) in [6.07, 6.45) is 2.55. The van der Waals surface area contributed by atoms with E-state index in [9.17, 15) is 4.79 Å². The van der Waals surface area contributed by atoms with Crippen molar-refractivity contribution < 1.29 is 9.53 Å². The Morgan fingerprint density at radius 2 is 1.95 bits per heavy atom. The summed E-state index contributed by atoms with van der Waals surface area (Å²) in [7, 11) is 1.67. The van der Waals surface area contributed by atoms with Crippen molar-refractivity contribution in [2.24, 2.45) is 0 Å². The average Bonchev–Trinajstić information content (AvgIpc) is 3.09. The fourth-order valence-corrected chi connectivity index (χ4v) is 3.34. The number of carbonyl (C=O) groups is 1. The van der Waals surface area contributed by atoms with E-state index in [1.807, 2.05) is 36.5 Å². The zero-order valence-corrected chi connectivity index (χ0v) is 11.7. The van der Waals surface area contributed by atoms with Crippen LogP contribution in [0.15, 0.2) is 48.7 Å². The third-order valence-corrected chi connectivity index (χ3v) is 4.33. The standard InChI is InChI=1S/C18H15NO2/c1-21-17-8-4-7-13-15(10-19-18(13)17)14-9-16(20)12-6-3-2-5-11(12)14/h2-8,10,14,19H,9H2,1H3. The molecule has 104 valence electrons. The molecule has 3 nitrogen and oxygen atoms in total. The van der Waals surface area contributed by atoms with Crippen LogP contribution in [0.3, 0.4) is 0 Å². The van der Waals surface area contributed by atoms with E-state index in [0.717, 1.165) is 27.8 Å². The van der Waals surface area contributed by atoms with Crippen LogP contribution in [-0.2, 0) is 0 Å². The van der Waals surface area contributed by atoms with Gasteiger partial charge in [-0.1, -0.05) is 36.4 Å². The van der Waals surface area contributed by atoms with Crippen LogP contribution in [0.2, 0.25) is 0 Å². The minimum absolute atomic E-state index is 0.134. The molecule has 0 radical (unpaired) electrons. The number of aromatic nitrogens is 1. The number of H-pyrrole nitrogens is 1. The summed E-state index contributed by atoms with van der Waals surface area (Å²) in [5.74, 6) is 1.19. The van der Waals surface area contributed by atoms with Gasteiger partial charge in [-0.05, 0) is 17.2 Å². The highest BCUT2D eigenvalue weighted by Gasteiger charge is 2.31. The number of ketones is 1. The third kappa shape index (κ3) is 1.70. The van der Waals surface area contributed by atoms with Crippen molar-refractivity contribution in [3.8, 4) is 5.75 Å². The molecule has 0 bridgehead atoms. The number of hydrogen-bond acceptors (Lipinski definition) is 2. The van der Waals surface area contributed by atoms with Gasteiger partial charge in [-0.3, -0.25) is 4.79 Å². The Kier molecular flexibility index (Phi) is 2.61. The second-order valence-corrected chi connectivity index (χ2v) is 5.39. The molecular formula is C18H15NO2. The molecule has 0 fully saturated rings. The molecule has 0 spiro atoms. The molecule has 3 heteroatoms. The highest BCUT2D eigenvalue weighted by atomic mass is 16.5. The van der Waals surface area contributed by atoms with Gasteiger partial charge < -0.3 is 9.72 Å². The summed E-state index contributed by atoms with van der Waals surface area (Å²) in [6.45, 7) is 0. The summed E-state index contributed by atoms with van der Waals surface area (Å²) in [4.78, 5) is 15.5. The Morgan fingerprint density at radius 3 is 2.81 bits per heavy atom. The van der Waals surface area contributed by atoms with Gasteiger partial charge in [0, 0.05) is 29.5 Å². The first-order valence-corrected chi connectivity index (χ1v) is 7.05. The Morgan fingerprint density at radius 1 is 1.10 bits per heavy atom. The Balaban J connectivity index is 1.91. The van der Waals surface area contributed by atoms with Gasteiger partial charge in [-0.15, -0.1) is 0 Å². The predicted molar refractivity (Wildman–Crippen MR) is 82.1 cm³/mol. The van der Waals surface area contributed by atoms with Gasteiger partial charge in [0.15, 0.2) is 5.78 Å². The van der Waals surface area contributed by atoms with Crippen molar-refractivity contribution in [2.75, 3.05) is 7.11 Å². The van der Waals surface area contributed by atoms with Gasteiger partial charge in [0.25, 0.3) is 0 Å². The maximum atomic E-state index is 12.2. The van der Waals surface area contributed by atoms with Crippen molar-refractivity contribution in [3.63, 3.8) is 0 Å². The molecule has 1 unspecified atom stereocenters. The molecule has 1 N–H and O–H groups in total. The van der Waals surface area contributed by atoms with E-state index in [1.165, 1.54) is 5.56 Å². The van der Waals surface area contributed by atoms with Gasteiger partial charge in [0.1, 0.15) is 5.75 Å². The van der Waals surface area contributed by atoms with Crippen LogP contribution < -0.4 is 4.74 Å². The number of ether oxygens (including phenoxy) is 1. The lowest BCUT2D eigenvalue weighted by Crippen LogP contribution is -1.95. The van der Waals surface area contributed by atoms with Gasteiger partial charge in [0.2, 0.25) is 0 Å². The monoisotopic (exact) mass is 277 g/mol. The average molecular weight is 277 g/mol. The molecule has 1 aliphatic rings. The van der Waals surface area contributed by atoms with Crippen molar-refractivity contribution in [1.29, 1.82) is 0 Å². The van der Waals surface area contributed by atoms with Crippen LogP contribution in [0.4, 0.5) is 0 Å². The molecule has 0 saturated carbocycles. The summed E-state index contributed by atoms with van der Waals surface area (Å²) < 4.78 is 5.40. The zero-order valence-electron chi connectivity index (χ0n) is 11.7. The van der Waals surface area contributed by atoms with E-state index in [1.54, 1.807) is 7.11 Å². The Bertz CT molecular complexity index is 847. The predicted octanol–water partition coefficient (Wildman–Crippen LogP) is 3.89. The van der Waals surface area contributed by atoms with E-state index in [2.05, 4.69) is 17.1 Å². The van der Waals surface area contributed by atoms with Crippen LogP contribution in [0.25, 0.3) is 10.9 Å². The van der Waals surface area contributed by atoms with E-state index in [0.29, 0.717) is 6.42 Å². The first-order chi connectivity index (χ1) is 10.3. The molecule has 0 saturated heterocycles. The van der Waals surface area contributed by atoms with Crippen molar-refractivity contribution >= 4 is 16.7 Å². The molecule has 1 aliphatic carbocycles. The number of benzene rings is 2. The van der Waals surface area contributed by atoms with E-state index >= 15 is 0 Å². The van der Waals surface area contributed by atoms with E-state index in [-0.39, 0.29) is 11.7 Å². The van der Waals surface area contributed by atoms with Gasteiger partial charge in [-0.25, -0.2) is 0 Å². The molecule has 0 aliphatic heterocycles.